The highest BCUT2D eigenvalue weighted by Gasteiger charge is 2.18. The zero-order valence-corrected chi connectivity index (χ0v) is 10.0. The van der Waals surface area contributed by atoms with Crippen molar-refractivity contribution in [3.63, 3.8) is 0 Å². The minimum atomic E-state index is 0.0970. The van der Waals surface area contributed by atoms with Crippen LogP contribution < -0.4 is 4.74 Å². The van der Waals surface area contributed by atoms with E-state index >= 15 is 0 Å². The fourth-order valence-corrected chi connectivity index (χ4v) is 2.07. The highest BCUT2D eigenvalue weighted by Crippen LogP contribution is 2.21. The van der Waals surface area contributed by atoms with Crippen molar-refractivity contribution in [2.24, 2.45) is 0 Å². The molecule has 1 atom stereocenters. The van der Waals surface area contributed by atoms with Crippen molar-refractivity contribution in [1.29, 1.82) is 0 Å². The third-order valence-electron chi connectivity index (χ3n) is 3.02. The van der Waals surface area contributed by atoms with Gasteiger partial charge in [-0.2, -0.15) is 0 Å². The molecule has 1 aromatic rings. The number of hydrogen-bond acceptors (Lipinski definition) is 4. The largest absolute Gasteiger partial charge is 0.494 e. The second kappa shape index (κ2) is 5.77. The molecule has 0 radical (unpaired) electrons. The molecule has 0 amide bonds. The number of carbonyl (C=O) groups is 1. The van der Waals surface area contributed by atoms with E-state index in [1.54, 1.807) is 25.6 Å². The quantitative estimate of drug-likeness (QED) is 0.734. The number of Topliss-reactive ketones (excluding diaryl/α,β-unsaturated/α-hetero) is 1. The first-order valence-electron chi connectivity index (χ1n) is 5.94. The molecule has 1 saturated heterocycles. The maximum absolute atomic E-state index is 12.0. The average molecular weight is 235 g/mol. The van der Waals surface area contributed by atoms with Gasteiger partial charge in [-0.25, -0.2) is 0 Å². The zero-order valence-electron chi connectivity index (χ0n) is 10.0. The van der Waals surface area contributed by atoms with E-state index in [4.69, 9.17) is 9.47 Å². The third-order valence-corrected chi connectivity index (χ3v) is 3.02. The average Bonchev–Trinajstić information content (AvgIpc) is 2.89. The summed E-state index contributed by atoms with van der Waals surface area (Å²) in [5.74, 6) is 0.643. The summed E-state index contributed by atoms with van der Waals surface area (Å²) in [4.78, 5) is 16.0. The molecule has 0 aromatic carbocycles. The number of methoxy groups -OCH3 is 1. The van der Waals surface area contributed by atoms with Crippen LogP contribution in [0.4, 0.5) is 0 Å². The summed E-state index contributed by atoms with van der Waals surface area (Å²) in [6.07, 6.45) is 6.92. The highest BCUT2D eigenvalue weighted by atomic mass is 16.5. The van der Waals surface area contributed by atoms with Crippen LogP contribution in [0.2, 0.25) is 0 Å². The summed E-state index contributed by atoms with van der Waals surface area (Å²) in [5.41, 5.74) is 0.612. The Morgan fingerprint density at radius 1 is 1.65 bits per heavy atom. The van der Waals surface area contributed by atoms with Gasteiger partial charge in [0.05, 0.1) is 25.0 Å². The molecule has 4 nitrogen and oxygen atoms in total. The molecule has 2 rings (SSSR count). The van der Waals surface area contributed by atoms with Gasteiger partial charge in [0.15, 0.2) is 5.78 Å². The predicted octanol–water partition coefficient (Wildman–Crippen LogP) is 2.23. The Balaban J connectivity index is 1.94. The minimum absolute atomic E-state index is 0.0970. The van der Waals surface area contributed by atoms with E-state index in [0.29, 0.717) is 17.7 Å². The molecule has 0 spiro atoms. The molecule has 2 heterocycles. The van der Waals surface area contributed by atoms with E-state index in [0.717, 1.165) is 25.9 Å². The molecule has 0 saturated carbocycles. The highest BCUT2D eigenvalue weighted by molar-refractivity contribution is 5.98. The van der Waals surface area contributed by atoms with Crippen molar-refractivity contribution in [3.8, 4) is 5.75 Å². The number of ether oxygens (including phenoxy) is 2. The summed E-state index contributed by atoms with van der Waals surface area (Å²) in [7, 11) is 1.55. The molecule has 1 unspecified atom stereocenters. The fraction of sp³-hybridized carbons (Fsp3) is 0.538. The summed E-state index contributed by atoms with van der Waals surface area (Å²) < 4.78 is 10.6. The van der Waals surface area contributed by atoms with Gasteiger partial charge in [0.25, 0.3) is 0 Å². The van der Waals surface area contributed by atoms with Gasteiger partial charge >= 0.3 is 0 Å². The summed E-state index contributed by atoms with van der Waals surface area (Å²) in [6, 6.07) is 1.71. The molecule has 1 fully saturated rings. The van der Waals surface area contributed by atoms with Crippen LogP contribution in [-0.4, -0.2) is 30.6 Å². The number of hydrogen-bond donors (Lipinski definition) is 0. The van der Waals surface area contributed by atoms with Crippen molar-refractivity contribution >= 4 is 5.78 Å². The molecule has 17 heavy (non-hydrogen) atoms. The Kier molecular flexibility index (Phi) is 4.09. The van der Waals surface area contributed by atoms with E-state index in [-0.39, 0.29) is 11.9 Å². The molecule has 0 aliphatic carbocycles. The van der Waals surface area contributed by atoms with Crippen molar-refractivity contribution in [1.82, 2.24) is 4.98 Å². The van der Waals surface area contributed by atoms with Gasteiger partial charge in [-0.15, -0.1) is 0 Å². The number of rotatable bonds is 5. The van der Waals surface area contributed by atoms with Gasteiger partial charge in [0.2, 0.25) is 0 Å². The van der Waals surface area contributed by atoms with Gasteiger partial charge in [0, 0.05) is 19.2 Å². The molecule has 0 N–H and O–H groups in total. The first-order valence-corrected chi connectivity index (χ1v) is 5.94. The Hall–Kier alpha value is -1.42. The molecule has 1 aliphatic heterocycles. The molecular formula is C13H17NO3. The van der Waals surface area contributed by atoms with Gasteiger partial charge in [0.1, 0.15) is 5.75 Å². The van der Waals surface area contributed by atoms with Crippen molar-refractivity contribution < 1.29 is 14.3 Å². The molecule has 92 valence electrons. The maximum atomic E-state index is 12.0. The normalized spacial score (nSPS) is 19.2. The van der Waals surface area contributed by atoms with Gasteiger partial charge < -0.3 is 9.47 Å². The molecular weight excluding hydrogens is 218 g/mol. The lowest BCUT2D eigenvalue weighted by Gasteiger charge is -2.09. The minimum Gasteiger partial charge on any atom is -0.494 e. The van der Waals surface area contributed by atoms with Crippen LogP contribution in [0.5, 0.6) is 5.75 Å². The number of ketones is 1. The second-order valence-electron chi connectivity index (χ2n) is 4.17. The third kappa shape index (κ3) is 3.03. The Bertz CT molecular complexity index is 386. The van der Waals surface area contributed by atoms with Crippen molar-refractivity contribution in [3.05, 3.63) is 24.0 Å². The van der Waals surface area contributed by atoms with E-state index in [9.17, 15) is 4.79 Å². The zero-order chi connectivity index (χ0) is 12.1. The van der Waals surface area contributed by atoms with E-state index in [2.05, 4.69) is 4.98 Å². The molecule has 1 aromatic heterocycles. The van der Waals surface area contributed by atoms with Crippen LogP contribution in [0.1, 0.15) is 36.0 Å². The van der Waals surface area contributed by atoms with Gasteiger partial charge in [-0.05, 0) is 25.3 Å². The van der Waals surface area contributed by atoms with Crippen LogP contribution >= 0.6 is 0 Å². The van der Waals surface area contributed by atoms with Crippen LogP contribution in [0.15, 0.2) is 18.5 Å². The van der Waals surface area contributed by atoms with Gasteiger partial charge in [-0.1, -0.05) is 0 Å². The van der Waals surface area contributed by atoms with Crippen molar-refractivity contribution in [2.45, 2.75) is 31.8 Å². The van der Waals surface area contributed by atoms with E-state index < -0.39 is 0 Å². The van der Waals surface area contributed by atoms with Crippen LogP contribution in [-0.2, 0) is 4.74 Å². The topological polar surface area (TPSA) is 48.4 Å². The number of aromatic nitrogens is 1. The Morgan fingerprint density at radius 2 is 2.53 bits per heavy atom. The monoisotopic (exact) mass is 235 g/mol. The van der Waals surface area contributed by atoms with Crippen LogP contribution in [0.25, 0.3) is 0 Å². The lowest BCUT2D eigenvalue weighted by Crippen LogP contribution is -2.09. The summed E-state index contributed by atoms with van der Waals surface area (Å²) >= 11 is 0. The molecule has 4 heteroatoms. The van der Waals surface area contributed by atoms with Gasteiger partial charge in [-0.3, -0.25) is 9.78 Å². The number of pyridine rings is 1. The second-order valence-corrected chi connectivity index (χ2v) is 4.17. The Morgan fingerprint density at radius 3 is 3.24 bits per heavy atom. The SMILES string of the molecule is COc1cnccc1C(=O)CCC1CCCO1. The predicted molar refractivity (Wildman–Crippen MR) is 63.3 cm³/mol. The standard InChI is InChI=1S/C13H17NO3/c1-16-13-9-14-7-6-11(13)12(15)5-4-10-3-2-8-17-10/h6-7,9-10H,2-5,8H2,1H3. The summed E-state index contributed by atoms with van der Waals surface area (Å²) in [6.45, 7) is 0.831. The molecule has 0 bridgehead atoms. The molecule has 1 aliphatic rings. The number of carbonyl (C=O) groups excluding carboxylic acids is 1. The fourth-order valence-electron chi connectivity index (χ4n) is 2.07. The Labute approximate surface area is 101 Å². The first kappa shape index (κ1) is 12.0. The van der Waals surface area contributed by atoms with Crippen LogP contribution in [0.3, 0.4) is 0 Å². The van der Waals surface area contributed by atoms with E-state index in [1.807, 2.05) is 0 Å². The lowest BCUT2D eigenvalue weighted by atomic mass is 10.0. The van der Waals surface area contributed by atoms with Crippen LogP contribution in [0, 0.1) is 0 Å². The maximum Gasteiger partial charge on any atom is 0.166 e. The van der Waals surface area contributed by atoms with Crippen molar-refractivity contribution in [2.75, 3.05) is 13.7 Å². The summed E-state index contributed by atoms with van der Waals surface area (Å²) in [5, 5.41) is 0. The smallest absolute Gasteiger partial charge is 0.166 e. The van der Waals surface area contributed by atoms with E-state index in [1.165, 1.54) is 0 Å². The number of nitrogens with zero attached hydrogens (tertiary/aromatic N) is 1. The lowest BCUT2D eigenvalue weighted by molar-refractivity contribution is 0.0857. The first-order chi connectivity index (χ1) is 8.31.